The molecule has 3 rings (SSSR count). The van der Waals surface area contributed by atoms with Gasteiger partial charge in [-0.3, -0.25) is 9.59 Å². The van der Waals surface area contributed by atoms with Crippen LogP contribution in [0.5, 0.6) is 5.75 Å². The second-order valence-electron chi connectivity index (χ2n) is 9.17. The molecule has 2 aromatic carbocycles. The zero-order chi connectivity index (χ0) is 25.1. The molecule has 1 atom stereocenters. The maximum absolute atomic E-state index is 13.1. The highest BCUT2D eigenvalue weighted by atomic mass is 16.5. The summed E-state index contributed by atoms with van der Waals surface area (Å²) in [6.45, 7) is 6.50. The summed E-state index contributed by atoms with van der Waals surface area (Å²) >= 11 is 0. The van der Waals surface area contributed by atoms with E-state index >= 15 is 0 Å². The molecule has 1 aliphatic carbocycles. The fourth-order valence-electron chi connectivity index (χ4n) is 3.80. The van der Waals surface area contributed by atoms with Crippen LogP contribution in [0.25, 0.3) is 0 Å². The van der Waals surface area contributed by atoms with Gasteiger partial charge in [-0.05, 0) is 66.5 Å². The molecule has 34 heavy (non-hydrogen) atoms. The van der Waals surface area contributed by atoms with Gasteiger partial charge in [-0.1, -0.05) is 45.0 Å². The summed E-state index contributed by atoms with van der Waals surface area (Å²) in [7, 11) is -0.0761. The Morgan fingerprint density at radius 2 is 1.74 bits per heavy atom. The Labute approximate surface area is 203 Å². The zero-order valence-corrected chi connectivity index (χ0v) is 20.6. The molecule has 4 N–H and O–H groups in total. The molecule has 0 spiro atoms. The van der Waals surface area contributed by atoms with Crippen molar-refractivity contribution in [1.82, 2.24) is 10.6 Å². The number of methoxy groups -OCH3 is 1. The van der Waals surface area contributed by atoms with E-state index in [1.807, 2.05) is 18.2 Å². The number of fused-ring (bicyclic) bond motifs is 1. The first kappa shape index (κ1) is 27.4. The van der Waals surface area contributed by atoms with E-state index in [0.29, 0.717) is 11.3 Å². The number of benzene rings is 2. The average Bonchev–Trinajstić information content (AvgIpc) is 2.81. The maximum Gasteiger partial charge on any atom is 0.472 e. The molecule has 0 saturated heterocycles. The van der Waals surface area contributed by atoms with Crippen molar-refractivity contribution in [2.24, 2.45) is 5.92 Å². The molecule has 1 aliphatic rings. The molecule has 2 amide bonds. The van der Waals surface area contributed by atoms with Gasteiger partial charge in [-0.2, -0.15) is 0 Å². The van der Waals surface area contributed by atoms with Crippen molar-refractivity contribution < 1.29 is 24.4 Å². The molecule has 2 aromatic rings. The van der Waals surface area contributed by atoms with Gasteiger partial charge in [-0.25, -0.2) is 0 Å². The van der Waals surface area contributed by atoms with Crippen molar-refractivity contribution in [2.45, 2.75) is 58.9 Å². The SMILES string of the molecule is CC(C)C.COc1cccc(C(CC(=O)NCB(O)O)NC(=O)c2cccc3c2CCCC3)c1. The first-order valence-corrected chi connectivity index (χ1v) is 11.9. The molecule has 0 aliphatic heterocycles. The molecule has 184 valence electrons. The van der Waals surface area contributed by atoms with Crippen molar-refractivity contribution in [3.8, 4) is 5.75 Å². The number of rotatable bonds is 8. The first-order chi connectivity index (χ1) is 16.2. The number of ether oxygens (including phenoxy) is 1. The first-order valence-electron chi connectivity index (χ1n) is 11.9. The van der Waals surface area contributed by atoms with Gasteiger partial charge >= 0.3 is 7.12 Å². The number of nitrogens with one attached hydrogen (secondary N) is 2. The van der Waals surface area contributed by atoms with Crippen LogP contribution >= 0.6 is 0 Å². The number of amides is 2. The molecule has 0 heterocycles. The largest absolute Gasteiger partial charge is 0.497 e. The highest BCUT2D eigenvalue weighted by molar-refractivity contribution is 6.41. The van der Waals surface area contributed by atoms with E-state index in [9.17, 15) is 9.59 Å². The van der Waals surface area contributed by atoms with Crippen molar-refractivity contribution in [3.63, 3.8) is 0 Å². The Morgan fingerprint density at radius 1 is 1.06 bits per heavy atom. The van der Waals surface area contributed by atoms with E-state index in [0.717, 1.165) is 42.7 Å². The van der Waals surface area contributed by atoms with Crippen LogP contribution in [-0.2, 0) is 17.6 Å². The second-order valence-corrected chi connectivity index (χ2v) is 9.17. The van der Waals surface area contributed by atoms with Gasteiger partial charge in [0.05, 0.1) is 26.0 Å². The fourth-order valence-corrected chi connectivity index (χ4v) is 3.80. The minimum atomic E-state index is -1.63. The number of aryl methyl sites for hydroxylation is 1. The lowest BCUT2D eigenvalue weighted by atomic mass is 9.88. The summed E-state index contributed by atoms with van der Waals surface area (Å²) < 4.78 is 5.27. The normalized spacial score (nSPS) is 13.1. The van der Waals surface area contributed by atoms with E-state index < -0.39 is 19.1 Å². The van der Waals surface area contributed by atoms with Crippen molar-refractivity contribution in [2.75, 3.05) is 13.6 Å². The fraction of sp³-hybridized carbons (Fsp3) is 0.462. The monoisotopic (exact) mass is 468 g/mol. The average molecular weight is 468 g/mol. The predicted molar refractivity (Wildman–Crippen MR) is 135 cm³/mol. The van der Waals surface area contributed by atoms with Gasteiger partial charge < -0.3 is 25.4 Å². The van der Waals surface area contributed by atoms with E-state index in [1.54, 1.807) is 25.3 Å². The van der Waals surface area contributed by atoms with Gasteiger partial charge in [0.1, 0.15) is 5.75 Å². The third-order valence-electron chi connectivity index (χ3n) is 5.31. The lowest BCUT2D eigenvalue weighted by Crippen LogP contribution is -2.38. The van der Waals surface area contributed by atoms with Crippen molar-refractivity contribution in [3.05, 3.63) is 64.7 Å². The third-order valence-corrected chi connectivity index (χ3v) is 5.31. The molecule has 7 nitrogen and oxygen atoms in total. The van der Waals surface area contributed by atoms with Crippen LogP contribution in [0.2, 0.25) is 0 Å². The van der Waals surface area contributed by atoms with Crippen molar-refractivity contribution in [1.29, 1.82) is 0 Å². The summed E-state index contributed by atoms with van der Waals surface area (Å²) in [5.41, 5.74) is 3.67. The molecule has 0 aromatic heterocycles. The number of carbonyl (C=O) groups excluding carboxylic acids is 2. The van der Waals surface area contributed by atoms with E-state index in [2.05, 4.69) is 37.5 Å². The van der Waals surface area contributed by atoms with Crippen LogP contribution in [0.4, 0.5) is 0 Å². The molecular formula is C26H37BN2O5. The summed E-state index contributed by atoms with van der Waals surface area (Å²) in [5.74, 6) is 0.831. The highest BCUT2D eigenvalue weighted by Crippen LogP contribution is 2.26. The van der Waals surface area contributed by atoms with Gasteiger partial charge in [0, 0.05) is 5.56 Å². The third kappa shape index (κ3) is 8.84. The molecule has 0 radical (unpaired) electrons. The number of carbonyl (C=O) groups is 2. The van der Waals surface area contributed by atoms with E-state index in [-0.39, 0.29) is 18.8 Å². The zero-order valence-electron chi connectivity index (χ0n) is 20.6. The molecular weight excluding hydrogens is 431 g/mol. The summed E-state index contributed by atoms with van der Waals surface area (Å²) in [4.78, 5) is 25.5. The van der Waals surface area contributed by atoms with Crippen LogP contribution in [0, 0.1) is 5.92 Å². The van der Waals surface area contributed by atoms with E-state index in [1.165, 1.54) is 5.56 Å². The number of hydrogen-bond acceptors (Lipinski definition) is 5. The summed E-state index contributed by atoms with van der Waals surface area (Å²) in [6.07, 6.45) is 3.72. The van der Waals surface area contributed by atoms with Crippen LogP contribution in [-0.4, -0.2) is 42.5 Å². The van der Waals surface area contributed by atoms with Gasteiger partial charge in [0.25, 0.3) is 5.91 Å². The predicted octanol–water partition coefficient (Wildman–Crippen LogP) is 3.23. The van der Waals surface area contributed by atoms with Crippen LogP contribution < -0.4 is 15.4 Å². The van der Waals surface area contributed by atoms with Crippen LogP contribution in [0.1, 0.15) is 73.1 Å². The molecule has 0 saturated carbocycles. The van der Waals surface area contributed by atoms with Gasteiger partial charge in [0.15, 0.2) is 0 Å². The maximum atomic E-state index is 13.1. The smallest absolute Gasteiger partial charge is 0.472 e. The standard InChI is InChI=1S/C22H27BN2O5.C4H10/c1-30-17-9-4-8-16(12-17)20(13-21(26)24-14-23(28)29)25-22(27)19-11-5-7-15-6-2-3-10-18(15)19;1-4(2)3/h4-5,7-9,11-12,20,28-29H,2-3,6,10,13-14H2,1H3,(H,24,26)(H,25,27);4H,1-3H3. The minimum Gasteiger partial charge on any atom is -0.497 e. The van der Waals surface area contributed by atoms with Crippen LogP contribution in [0.3, 0.4) is 0 Å². The Balaban J connectivity index is 0.000000945. The lowest BCUT2D eigenvalue weighted by Gasteiger charge is -2.23. The lowest BCUT2D eigenvalue weighted by molar-refractivity contribution is -0.121. The molecule has 0 bridgehead atoms. The van der Waals surface area contributed by atoms with Gasteiger partial charge in [-0.15, -0.1) is 0 Å². The summed E-state index contributed by atoms with van der Waals surface area (Å²) in [6, 6.07) is 12.4. The second kappa shape index (κ2) is 13.8. The topological polar surface area (TPSA) is 108 Å². The Morgan fingerprint density at radius 3 is 2.41 bits per heavy atom. The van der Waals surface area contributed by atoms with E-state index in [4.69, 9.17) is 14.8 Å². The highest BCUT2D eigenvalue weighted by Gasteiger charge is 2.23. The van der Waals surface area contributed by atoms with Crippen molar-refractivity contribution >= 4 is 18.9 Å². The van der Waals surface area contributed by atoms with Gasteiger partial charge in [0.2, 0.25) is 5.91 Å². The summed E-state index contributed by atoms with van der Waals surface area (Å²) in [5, 5.41) is 23.4. The Hall–Kier alpha value is -2.84. The minimum absolute atomic E-state index is 0.0410. The Bertz CT molecular complexity index is 946. The Kier molecular flexibility index (Phi) is 11.1. The number of hydrogen-bond donors (Lipinski definition) is 4. The molecule has 1 unspecified atom stereocenters. The molecule has 0 fully saturated rings. The molecule has 8 heteroatoms. The quantitative estimate of drug-likeness (QED) is 0.445. The van der Waals surface area contributed by atoms with Crippen LogP contribution in [0.15, 0.2) is 42.5 Å².